The monoisotopic (exact) mass is 305 g/mol. The van der Waals surface area contributed by atoms with Gasteiger partial charge in [-0.1, -0.05) is 49.8 Å². The predicted octanol–water partition coefficient (Wildman–Crippen LogP) is 3.41. The maximum atomic E-state index is 10.1. The molecule has 1 atom stereocenters. The smallest absolute Gasteiger partial charge is 0.0900 e. The summed E-state index contributed by atoms with van der Waals surface area (Å²) in [7, 11) is 0. The lowest BCUT2D eigenvalue weighted by molar-refractivity contribution is 0.0237. The third-order valence-electron chi connectivity index (χ3n) is 3.53. The molecule has 0 aliphatic carbocycles. The topological polar surface area (TPSA) is 32.7 Å². The van der Waals surface area contributed by atoms with E-state index < -0.39 is 6.10 Å². The van der Waals surface area contributed by atoms with E-state index >= 15 is 0 Å². The minimum absolute atomic E-state index is 0.359. The zero-order valence-corrected chi connectivity index (χ0v) is 14.3. The van der Waals surface area contributed by atoms with E-state index in [1.54, 1.807) is 6.08 Å². The molecule has 124 valence electrons. The average molecular weight is 305 g/mol. The summed E-state index contributed by atoms with van der Waals surface area (Å²) in [6.45, 7) is 13.5. The molecule has 0 saturated carbocycles. The summed E-state index contributed by atoms with van der Waals surface area (Å²) in [5.41, 5.74) is 2.57. The number of hydrogen-bond donors (Lipinski definition) is 1. The maximum absolute atomic E-state index is 10.1. The van der Waals surface area contributed by atoms with Crippen LogP contribution in [0.1, 0.15) is 31.4 Å². The second-order valence-corrected chi connectivity index (χ2v) is 6.39. The number of rotatable bonds is 11. The molecule has 22 heavy (non-hydrogen) atoms. The fourth-order valence-electron chi connectivity index (χ4n) is 2.38. The molecule has 0 radical (unpaired) electrons. The van der Waals surface area contributed by atoms with Crippen LogP contribution in [-0.2, 0) is 11.3 Å². The van der Waals surface area contributed by atoms with Crippen LogP contribution in [0.25, 0.3) is 0 Å². The summed E-state index contributed by atoms with van der Waals surface area (Å²) in [6, 6.07) is 8.56. The highest BCUT2D eigenvalue weighted by atomic mass is 16.5. The highest BCUT2D eigenvalue weighted by Crippen LogP contribution is 2.11. The number of benzene rings is 1. The zero-order valence-electron chi connectivity index (χ0n) is 14.3. The largest absolute Gasteiger partial charge is 0.389 e. The van der Waals surface area contributed by atoms with Crippen molar-refractivity contribution in [3.8, 4) is 0 Å². The minimum atomic E-state index is -0.461. The molecule has 1 aromatic carbocycles. The quantitative estimate of drug-likeness (QED) is 0.502. The van der Waals surface area contributed by atoms with Crippen molar-refractivity contribution >= 4 is 0 Å². The van der Waals surface area contributed by atoms with E-state index in [9.17, 15) is 5.11 Å². The Balaban J connectivity index is 2.56. The van der Waals surface area contributed by atoms with Gasteiger partial charge in [0, 0.05) is 13.1 Å². The number of hydrogen-bond acceptors (Lipinski definition) is 3. The van der Waals surface area contributed by atoms with Gasteiger partial charge in [0.2, 0.25) is 0 Å². The van der Waals surface area contributed by atoms with Gasteiger partial charge in [-0.05, 0) is 31.4 Å². The first-order chi connectivity index (χ1) is 10.5. The van der Waals surface area contributed by atoms with Crippen LogP contribution in [0.15, 0.2) is 36.9 Å². The van der Waals surface area contributed by atoms with Gasteiger partial charge in [0.05, 0.1) is 19.3 Å². The first-order valence-corrected chi connectivity index (χ1v) is 8.16. The first-order valence-electron chi connectivity index (χ1n) is 8.16. The zero-order chi connectivity index (χ0) is 16.4. The normalized spacial score (nSPS) is 12.8. The van der Waals surface area contributed by atoms with Crippen LogP contribution >= 0.6 is 0 Å². The van der Waals surface area contributed by atoms with Crippen LogP contribution in [0.2, 0.25) is 0 Å². The molecule has 3 nitrogen and oxygen atoms in total. The molecule has 1 rings (SSSR count). The summed E-state index contributed by atoms with van der Waals surface area (Å²) < 4.78 is 5.35. The number of aliphatic hydroxyl groups excluding tert-OH is 1. The van der Waals surface area contributed by atoms with E-state index in [1.807, 2.05) is 0 Å². The fourth-order valence-corrected chi connectivity index (χ4v) is 2.38. The first kappa shape index (κ1) is 18.9. The number of aliphatic hydroxyl groups is 1. The molecule has 0 amide bonds. The molecular weight excluding hydrogens is 274 g/mol. The predicted molar refractivity (Wildman–Crippen MR) is 92.9 cm³/mol. The molecule has 0 unspecified atom stereocenters. The molecule has 0 heterocycles. The summed E-state index contributed by atoms with van der Waals surface area (Å²) in [5, 5.41) is 10.1. The van der Waals surface area contributed by atoms with Gasteiger partial charge in [-0.2, -0.15) is 0 Å². The summed E-state index contributed by atoms with van der Waals surface area (Å²) in [4.78, 5) is 2.32. The van der Waals surface area contributed by atoms with E-state index in [4.69, 9.17) is 4.74 Å². The summed E-state index contributed by atoms with van der Waals surface area (Å²) >= 11 is 0. The molecule has 0 aliphatic rings. The SMILES string of the molecule is C=CCOC[C@H](O)CN(CCC(C)C)Cc1cccc(C)c1. The van der Waals surface area contributed by atoms with Crippen LogP contribution in [0, 0.1) is 12.8 Å². The second-order valence-electron chi connectivity index (χ2n) is 6.39. The molecule has 0 bridgehead atoms. The molecule has 0 fully saturated rings. The van der Waals surface area contributed by atoms with E-state index in [2.05, 4.69) is 56.5 Å². The fraction of sp³-hybridized carbons (Fsp3) is 0.579. The lowest BCUT2D eigenvalue weighted by Gasteiger charge is -2.26. The van der Waals surface area contributed by atoms with Gasteiger partial charge in [-0.25, -0.2) is 0 Å². The Morgan fingerprint density at radius 1 is 1.36 bits per heavy atom. The molecule has 0 saturated heterocycles. The van der Waals surface area contributed by atoms with Gasteiger partial charge in [0.1, 0.15) is 0 Å². The third kappa shape index (κ3) is 8.32. The average Bonchev–Trinajstić information content (AvgIpc) is 2.45. The highest BCUT2D eigenvalue weighted by Gasteiger charge is 2.13. The van der Waals surface area contributed by atoms with Crippen LogP contribution < -0.4 is 0 Å². The van der Waals surface area contributed by atoms with Gasteiger partial charge < -0.3 is 9.84 Å². The Bertz CT molecular complexity index is 431. The standard InChI is InChI=1S/C19H31NO2/c1-5-11-22-15-19(21)14-20(10-9-16(2)3)13-18-8-6-7-17(4)12-18/h5-8,12,16,19,21H,1,9-11,13-15H2,2-4H3/t19-/m1/s1. The van der Waals surface area contributed by atoms with Gasteiger partial charge in [-0.3, -0.25) is 4.90 Å². The van der Waals surface area contributed by atoms with Crippen LogP contribution in [0.4, 0.5) is 0 Å². The maximum Gasteiger partial charge on any atom is 0.0900 e. The van der Waals surface area contributed by atoms with Crippen LogP contribution in [-0.4, -0.2) is 42.4 Å². The molecular formula is C19H31NO2. The van der Waals surface area contributed by atoms with Gasteiger partial charge in [-0.15, -0.1) is 6.58 Å². The lowest BCUT2D eigenvalue weighted by atomic mass is 10.1. The molecule has 1 aromatic rings. The van der Waals surface area contributed by atoms with E-state index in [-0.39, 0.29) is 0 Å². The molecule has 1 N–H and O–H groups in total. The van der Waals surface area contributed by atoms with Crippen LogP contribution in [0.5, 0.6) is 0 Å². The van der Waals surface area contributed by atoms with Crippen molar-refractivity contribution in [2.24, 2.45) is 5.92 Å². The number of ether oxygens (including phenoxy) is 1. The van der Waals surface area contributed by atoms with Crippen molar-refractivity contribution in [1.82, 2.24) is 4.90 Å². The van der Waals surface area contributed by atoms with Gasteiger partial charge in [0.25, 0.3) is 0 Å². The summed E-state index contributed by atoms with van der Waals surface area (Å²) in [5.74, 6) is 0.661. The van der Waals surface area contributed by atoms with Gasteiger partial charge >= 0.3 is 0 Å². The van der Waals surface area contributed by atoms with Crippen molar-refractivity contribution in [3.05, 3.63) is 48.0 Å². The van der Waals surface area contributed by atoms with E-state index in [1.165, 1.54) is 11.1 Å². The van der Waals surface area contributed by atoms with Crippen molar-refractivity contribution < 1.29 is 9.84 Å². The Morgan fingerprint density at radius 2 is 2.14 bits per heavy atom. The Kier molecular flexibility index (Phi) is 9.05. The highest BCUT2D eigenvalue weighted by molar-refractivity contribution is 5.22. The molecule has 3 heteroatoms. The number of nitrogens with zero attached hydrogens (tertiary/aromatic N) is 1. The Morgan fingerprint density at radius 3 is 2.77 bits per heavy atom. The lowest BCUT2D eigenvalue weighted by Crippen LogP contribution is -2.35. The van der Waals surface area contributed by atoms with E-state index in [0.717, 1.165) is 19.5 Å². The summed E-state index contributed by atoms with van der Waals surface area (Å²) in [6.07, 6.45) is 2.37. The van der Waals surface area contributed by atoms with Crippen LogP contribution in [0.3, 0.4) is 0 Å². The van der Waals surface area contributed by atoms with Crippen molar-refractivity contribution in [1.29, 1.82) is 0 Å². The third-order valence-corrected chi connectivity index (χ3v) is 3.53. The van der Waals surface area contributed by atoms with Gasteiger partial charge in [0.15, 0.2) is 0 Å². The van der Waals surface area contributed by atoms with E-state index in [0.29, 0.717) is 25.7 Å². The molecule has 0 aromatic heterocycles. The van der Waals surface area contributed by atoms with Crippen molar-refractivity contribution in [2.75, 3.05) is 26.3 Å². The molecule has 0 aliphatic heterocycles. The Labute approximate surface area is 135 Å². The number of aryl methyl sites for hydroxylation is 1. The molecule has 0 spiro atoms. The van der Waals surface area contributed by atoms with Crippen molar-refractivity contribution in [3.63, 3.8) is 0 Å². The Hall–Kier alpha value is -1.16. The van der Waals surface area contributed by atoms with Crippen molar-refractivity contribution in [2.45, 2.75) is 39.8 Å². The minimum Gasteiger partial charge on any atom is -0.389 e. The second kappa shape index (κ2) is 10.5.